The van der Waals surface area contributed by atoms with Gasteiger partial charge in [-0.05, 0) is 37.1 Å². The van der Waals surface area contributed by atoms with Crippen LogP contribution in [0.2, 0.25) is 0 Å². The average Bonchev–Trinajstić information content (AvgIpc) is 3.63. The minimum absolute atomic E-state index is 0.0271. The molecule has 0 radical (unpaired) electrons. The summed E-state index contributed by atoms with van der Waals surface area (Å²) in [7, 11) is 1.56. The number of ether oxygens (including phenoxy) is 3. The summed E-state index contributed by atoms with van der Waals surface area (Å²) in [4.78, 5) is 22.1. The lowest BCUT2D eigenvalue weighted by molar-refractivity contribution is 0.146. The van der Waals surface area contributed by atoms with Crippen LogP contribution in [0.15, 0.2) is 48.0 Å². The molecule has 0 spiro atoms. The number of halogens is 1. The van der Waals surface area contributed by atoms with E-state index in [-0.39, 0.29) is 18.0 Å². The monoisotopic (exact) mass is 519 g/mol. The van der Waals surface area contributed by atoms with E-state index in [9.17, 15) is 10.1 Å². The highest BCUT2D eigenvalue weighted by atomic mass is 32.1. The van der Waals surface area contributed by atoms with Gasteiger partial charge in [0.1, 0.15) is 29.9 Å². The predicted molar refractivity (Wildman–Crippen MR) is 136 cm³/mol. The maximum Gasteiger partial charge on any atom is 0.325 e. The van der Waals surface area contributed by atoms with Gasteiger partial charge in [-0.25, -0.2) is 19.1 Å². The third kappa shape index (κ3) is 5.16. The Hall–Kier alpha value is -4.27. The average molecular weight is 520 g/mol. The van der Waals surface area contributed by atoms with Gasteiger partial charge in [0.05, 0.1) is 29.1 Å². The van der Waals surface area contributed by atoms with Crippen molar-refractivity contribution in [1.29, 1.82) is 5.26 Å². The molecule has 0 unspecified atom stereocenters. The molecule has 9 nitrogen and oxygen atoms in total. The van der Waals surface area contributed by atoms with E-state index in [1.807, 2.05) is 5.38 Å². The first-order valence-electron chi connectivity index (χ1n) is 11.5. The van der Waals surface area contributed by atoms with Crippen molar-refractivity contribution in [2.45, 2.75) is 18.8 Å². The SMILES string of the molecule is COCCOc1cc2nccc(Oc3ccc(N(C(N)=O)c4nc(C5CC5)cs4)c(F)c3)c2cc1C#N. The lowest BCUT2D eigenvalue weighted by Crippen LogP contribution is -2.32. The van der Waals surface area contributed by atoms with Crippen LogP contribution in [0.5, 0.6) is 17.2 Å². The highest BCUT2D eigenvalue weighted by Crippen LogP contribution is 2.43. The Bertz CT molecular complexity index is 1510. The maximum absolute atomic E-state index is 15.2. The molecular formula is C26H22FN5O4S. The Kier molecular flexibility index (Phi) is 6.85. The second-order valence-corrected chi connectivity index (χ2v) is 9.18. The number of methoxy groups -OCH3 is 1. The second kappa shape index (κ2) is 10.4. The summed E-state index contributed by atoms with van der Waals surface area (Å²) in [6.07, 6.45) is 3.66. The zero-order valence-corrected chi connectivity index (χ0v) is 20.6. The number of carbonyl (C=O) groups is 1. The largest absolute Gasteiger partial charge is 0.490 e. The Labute approximate surface area is 215 Å². The second-order valence-electron chi connectivity index (χ2n) is 8.35. The number of pyridine rings is 1. The van der Waals surface area contributed by atoms with Crippen LogP contribution in [0, 0.1) is 17.1 Å². The van der Waals surface area contributed by atoms with Crippen LogP contribution in [0.4, 0.5) is 20.0 Å². The number of nitriles is 1. The molecular weight excluding hydrogens is 497 g/mol. The van der Waals surface area contributed by atoms with Gasteiger partial charge in [-0.3, -0.25) is 4.98 Å². The summed E-state index contributed by atoms with van der Waals surface area (Å²) >= 11 is 1.24. The van der Waals surface area contributed by atoms with Crippen molar-refractivity contribution in [2.75, 3.05) is 25.2 Å². The van der Waals surface area contributed by atoms with Crippen LogP contribution < -0.4 is 20.1 Å². The fraction of sp³-hybridized carbons (Fsp3) is 0.231. The van der Waals surface area contributed by atoms with Crippen LogP contribution in [-0.2, 0) is 4.74 Å². The zero-order valence-electron chi connectivity index (χ0n) is 19.8. The van der Waals surface area contributed by atoms with E-state index in [0.717, 1.165) is 23.4 Å². The lowest BCUT2D eigenvalue weighted by Gasteiger charge is -2.19. The number of urea groups is 1. The number of thiazole rings is 1. The number of amides is 2. The maximum atomic E-state index is 15.2. The van der Waals surface area contributed by atoms with Gasteiger partial charge < -0.3 is 19.9 Å². The summed E-state index contributed by atoms with van der Waals surface area (Å²) in [6.45, 7) is 0.655. The van der Waals surface area contributed by atoms with E-state index in [0.29, 0.717) is 45.6 Å². The number of fused-ring (bicyclic) bond motifs is 1. The molecule has 0 aliphatic heterocycles. The Morgan fingerprint density at radius 3 is 2.78 bits per heavy atom. The summed E-state index contributed by atoms with van der Waals surface area (Å²) in [5.41, 5.74) is 7.28. The lowest BCUT2D eigenvalue weighted by atomic mass is 10.1. The molecule has 1 fully saturated rings. The highest BCUT2D eigenvalue weighted by molar-refractivity contribution is 7.14. The molecule has 2 aromatic carbocycles. The standard InChI is InChI=1S/C26H22FN5O4S/c1-34-8-9-35-24-12-20-18(10-16(24)13-28)23(6-7-30-20)36-17-4-5-22(19(27)11-17)32(25(29)33)26-31-21(14-37-26)15-2-3-15/h4-7,10-12,14-15H,2-3,8-9H2,1H3,(H2,29,33). The minimum Gasteiger partial charge on any atom is -0.490 e. The van der Waals surface area contributed by atoms with Gasteiger partial charge in [0.25, 0.3) is 0 Å². The molecule has 2 aromatic heterocycles. The number of carbonyl (C=O) groups excluding carboxylic acids is 1. The molecule has 2 heterocycles. The van der Waals surface area contributed by atoms with E-state index in [1.54, 1.807) is 31.5 Å². The number of nitrogens with zero attached hydrogens (tertiary/aromatic N) is 4. The third-order valence-electron chi connectivity index (χ3n) is 5.77. The quantitative estimate of drug-likeness (QED) is 0.285. The summed E-state index contributed by atoms with van der Waals surface area (Å²) in [5.74, 6) is 0.632. The molecule has 1 aliphatic rings. The Morgan fingerprint density at radius 1 is 1.24 bits per heavy atom. The van der Waals surface area contributed by atoms with Crippen molar-refractivity contribution in [3.63, 3.8) is 0 Å². The normalized spacial score (nSPS) is 12.8. The first-order valence-corrected chi connectivity index (χ1v) is 12.3. The Morgan fingerprint density at radius 2 is 2.08 bits per heavy atom. The van der Waals surface area contributed by atoms with Crippen LogP contribution >= 0.6 is 11.3 Å². The highest BCUT2D eigenvalue weighted by Gasteiger charge is 2.29. The van der Waals surface area contributed by atoms with Gasteiger partial charge in [0, 0.05) is 42.1 Å². The molecule has 0 bridgehead atoms. The number of hydrogen-bond donors (Lipinski definition) is 1. The van der Waals surface area contributed by atoms with Gasteiger partial charge >= 0.3 is 6.03 Å². The molecule has 1 saturated carbocycles. The number of nitrogens with two attached hydrogens (primary N) is 1. The van der Waals surface area contributed by atoms with Gasteiger partial charge in [-0.1, -0.05) is 0 Å². The van der Waals surface area contributed by atoms with Crippen molar-refractivity contribution in [2.24, 2.45) is 5.73 Å². The summed E-state index contributed by atoms with van der Waals surface area (Å²) < 4.78 is 31.8. The van der Waals surface area contributed by atoms with E-state index >= 15 is 4.39 Å². The van der Waals surface area contributed by atoms with Crippen LogP contribution in [0.25, 0.3) is 10.9 Å². The van der Waals surface area contributed by atoms with Gasteiger partial charge in [0.2, 0.25) is 0 Å². The van der Waals surface area contributed by atoms with Crippen LogP contribution in [0.3, 0.4) is 0 Å². The predicted octanol–water partition coefficient (Wildman–Crippen LogP) is 5.61. The minimum atomic E-state index is -0.836. The number of anilines is 2. The molecule has 0 atom stereocenters. The van der Waals surface area contributed by atoms with Crippen molar-refractivity contribution in [3.05, 3.63) is 65.0 Å². The fourth-order valence-electron chi connectivity index (χ4n) is 3.80. The molecule has 5 rings (SSSR count). The van der Waals surface area contributed by atoms with Gasteiger partial charge in [-0.2, -0.15) is 5.26 Å². The molecule has 2 amide bonds. The molecule has 4 aromatic rings. The van der Waals surface area contributed by atoms with E-state index < -0.39 is 11.8 Å². The van der Waals surface area contributed by atoms with Crippen molar-refractivity contribution in [3.8, 4) is 23.3 Å². The first kappa shape index (κ1) is 24.4. The van der Waals surface area contributed by atoms with E-state index in [1.165, 1.54) is 29.5 Å². The van der Waals surface area contributed by atoms with E-state index in [2.05, 4.69) is 16.0 Å². The van der Waals surface area contributed by atoms with Crippen LogP contribution in [0.1, 0.15) is 30.0 Å². The third-order valence-corrected chi connectivity index (χ3v) is 6.62. The van der Waals surface area contributed by atoms with Crippen molar-refractivity contribution in [1.82, 2.24) is 9.97 Å². The number of aromatic nitrogens is 2. The van der Waals surface area contributed by atoms with E-state index in [4.69, 9.17) is 19.9 Å². The Balaban J connectivity index is 1.43. The number of primary amides is 1. The topological polar surface area (TPSA) is 124 Å². The molecule has 11 heteroatoms. The number of rotatable bonds is 9. The number of benzene rings is 2. The fourth-order valence-corrected chi connectivity index (χ4v) is 4.72. The van der Waals surface area contributed by atoms with Crippen molar-refractivity contribution < 1.29 is 23.4 Å². The molecule has 2 N–H and O–H groups in total. The number of hydrogen-bond acceptors (Lipinski definition) is 8. The first-order chi connectivity index (χ1) is 18.0. The molecule has 0 saturated heterocycles. The molecule has 1 aliphatic carbocycles. The zero-order chi connectivity index (χ0) is 25.9. The summed E-state index contributed by atoms with van der Waals surface area (Å²) in [6, 6.07) is 10.3. The van der Waals surface area contributed by atoms with Gasteiger partial charge in [-0.15, -0.1) is 11.3 Å². The summed E-state index contributed by atoms with van der Waals surface area (Å²) in [5, 5.41) is 12.3. The van der Waals surface area contributed by atoms with Gasteiger partial charge in [0.15, 0.2) is 10.9 Å². The van der Waals surface area contributed by atoms with Crippen LogP contribution in [-0.4, -0.2) is 36.3 Å². The molecule has 188 valence electrons. The smallest absolute Gasteiger partial charge is 0.325 e. The van der Waals surface area contributed by atoms with Crippen molar-refractivity contribution >= 4 is 39.1 Å². The molecule has 37 heavy (non-hydrogen) atoms.